The van der Waals surface area contributed by atoms with E-state index in [4.69, 9.17) is 4.42 Å². The van der Waals surface area contributed by atoms with E-state index in [-0.39, 0.29) is 123 Å². The van der Waals surface area contributed by atoms with Crippen LogP contribution in [0, 0.1) is 0 Å². The van der Waals surface area contributed by atoms with E-state index in [9.17, 15) is 16.4 Å². The lowest BCUT2D eigenvalue weighted by atomic mass is 9.31. The molecule has 17 rings (SSSR count). The standard InChI is InChI=1S/C85H97BN2OS/c1-76(2)31-33-78(5,6)60-40-51(25-27-58(60)76)70-54-45-56-69(90-75-72(56)81(11,12)36-38-83(75,15)16)48-63(54)86-64-47-68-55(71-74(89-68)82(13,14)37-35-80(71,9)10)46-66(64)87(52-26-28-59-61(43-52)79(7,8)34-32-77(59,3)4)67-44-53(42-57(70)73(67)86)88-65-41-50-24-20-19-23-49(50)39-62(65)84(17)29-21-22-30-85(84,88)18/h19-20,23-28,39-48,70H,21-22,29-38H2,1-18H3/i25D,26D,27D,28D,40D,42D,43D,44D,45D,46D,47D,48D. The zero-order valence-corrected chi connectivity index (χ0v) is 57.6. The molecule has 90 heavy (non-hydrogen) atoms. The molecule has 1 fully saturated rings. The maximum absolute atomic E-state index is 12.0. The van der Waals surface area contributed by atoms with Gasteiger partial charge in [-0.05, 0) is 247 Å². The van der Waals surface area contributed by atoms with E-state index in [0.29, 0.717) is 85.7 Å². The van der Waals surface area contributed by atoms with Gasteiger partial charge in [0.2, 0.25) is 6.71 Å². The first-order chi connectivity index (χ1) is 47.3. The van der Waals surface area contributed by atoms with Crippen LogP contribution < -0.4 is 26.2 Å². The molecule has 3 unspecified atom stereocenters. The predicted molar refractivity (Wildman–Crippen MR) is 386 cm³/mol. The molecule has 0 N–H and O–H groups in total. The third kappa shape index (κ3) is 7.65. The highest BCUT2D eigenvalue weighted by Crippen LogP contribution is 2.64. The summed E-state index contributed by atoms with van der Waals surface area (Å²) < 4.78 is 143. The number of hydrogen-bond acceptors (Lipinski definition) is 4. The van der Waals surface area contributed by atoms with Crippen LogP contribution in [0.4, 0.5) is 28.4 Å². The molecule has 462 valence electrons. The summed E-state index contributed by atoms with van der Waals surface area (Å²) in [5.41, 5.74) is 2.52. The van der Waals surface area contributed by atoms with Crippen LogP contribution in [-0.4, -0.2) is 12.3 Å². The SMILES string of the molecule is [2H]c1c([2H])c2c(c([2H])c1C1c3c([2H])c(N4c5cc6ccccc6cc5C5(C)CCCCC45C)c([2H])c4c3B(c3c(c([2H])c5c6c(oc5c3[2H])C(C)(C)CCC6(C)C)N4c3c([2H])c([2H])c4c(c3[2H])C(C)(C)CCC4(C)C)c3c1c([2H])c1c4c(sc1c3[2H])C(C)(C)CCC4(C)C)C(C)(C)CCC2(C)C. The number of furan rings is 1. The number of nitrogens with zero attached hydrogens (tertiary/aromatic N) is 2. The minimum atomic E-state index is -1.40. The van der Waals surface area contributed by atoms with Gasteiger partial charge < -0.3 is 14.2 Å². The van der Waals surface area contributed by atoms with Crippen molar-refractivity contribution in [3.05, 3.63) is 175 Å². The Morgan fingerprint density at radius 1 is 0.478 bits per heavy atom. The van der Waals surface area contributed by atoms with Gasteiger partial charge in [0.15, 0.2) is 0 Å². The average Bonchev–Trinajstić information content (AvgIpc) is 0.936. The van der Waals surface area contributed by atoms with Crippen LogP contribution >= 0.6 is 11.3 Å². The lowest BCUT2D eigenvalue weighted by molar-refractivity contribution is 0.195. The minimum absolute atomic E-state index is 0.0231. The highest BCUT2D eigenvalue weighted by atomic mass is 32.1. The predicted octanol–water partition coefficient (Wildman–Crippen LogP) is 21.7. The second-order valence-electron chi connectivity index (χ2n) is 35.0. The van der Waals surface area contributed by atoms with Crippen molar-refractivity contribution in [1.29, 1.82) is 0 Å². The summed E-state index contributed by atoms with van der Waals surface area (Å²) in [4.78, 5) is 5.09. The Bertz CT molecular complexity index is 5110. The second kappa shape index (κ2) is 18.0. The van der Waals surface area contributed by atoms with Gasteiger partial charge in [-0.2, -0.15) is 0 Å². The van der Waals surface area contributed by atoms with Gasteiger partial charge in [-0.1, -0.05) is 184 Å². The number of rotatable bonds is 3. The quantitative estimate of drug-likeness (QED) is 0.164. The van der Waals surface area contributed by atoms with Gasteiger partial charge in [0.1, 0.15) is 11.3 Å². The molecule has 3 nitrogen and oxygen atoms in total. The summed E-state index contributed by atoms with van der Waals surface area (Å²) in [6.07, 6.45) is 9.28. The Balaban J connectivity index is 1.16. The molecule has 0 spiro atoms. The molecule has 3 aliphatic heterocycles. The second-order valence-corrected chi connectivity index (χ2v) is 36.1. The summed E-state index contributed by atoms with van der Waals surface area (Å²) in [7, 11) is 0. The molecule has 0 amide bonds. The number of hydrogen-bond donors (Lipinski definition) is 0. The molecule has 0 radical (unpaired) electrons. The molecular formula is C85H97BN2OS. The van der Waals surface area contributed by atoms with Gasteiger partial charge in [-0.15, -0.1) is 11.3 Å². The molecule has 5 aliphatic carbocycles. The molecule has 9 aromatic rings. The minimum Gasteiger partial charge on any atom is -0.460 e. The van der Waals surface area contributed by atoms with Gasteiger partial charge in [0.05, 0.1) is 22.0 Å². The fourth-order valence-electron chi connectivity index (χ4n) is 19.0. The topological polar surface area (TPSA) is 19.6 Å². The lowest BCUT2D eigenvalue weighted by Gasteiger charge is -2.51. The largest absolute Gasteiger partial charge is 0.460 e. The molecular weight excluding hydrogens is 1110 g/mol. The molecule has 0 saturated heterocycles. The van der Waals surface area contributed by atoms with Gasteiger partial charge in [-0.25, -0.2) is 0 Å². The van der Waals surface area contributed by atoms with Gasteiger partial charge in [0.25, 0.3) is 0 Å². The van der Waals surface area contributed by atoms with Gasteiger partial charge >= 0.3 is 0 Å². The Morgan fingerprint density at radius 3 is 1.78 bits per heavy atom. The van der Waals surface area contributed by atoms with E-state index in [2.05, 4.69) is 160 Å². The molecule has 3 atom stereocenters. The molecule has 7 aromatic carbocycles. The van der Waals surface area contributed by atoms with Crippen LogP contribution in [0.1, 0.15) is 290 Å². The number of benzene rings is 7. The molecule has 5 heteroatoms. The van der Waals surface area contributed by atoms with Crippen LogP contribution in [0.5, 0.6) is 0 Å². The van der Waals surface area contributed by atoms with Crippen LogP contribution in [0.3, 0.4) is 0 Å². The fourth-order valence-corrected chi connectivity index (χ4v) is 20.5. The molecule has 5 heterocycles. The monoisotopic (exact) mass is 1220 g/mol. The molecule has 0 bridgehead atoms. The zero-order valence-electron chi connectivity index (χ0n) is 68.8. The first-order valence-corrected chi connectivity index (χ1v) is 35.0. The van der Waals surface area contributed by atoms with Crippen molar-refractivity contribution in [2.45, 2.75) is 262 Å². The normalized spacial score (nSPS) is 27.8. The smallest absolute Gasteiger partial charge is 0.247 e. The number of thiophene rings is 1. The highest BCUT2D eigenvalue weighted by molar-refractivity contribution is 7.19. The first kappa shape index (κ1) is 46.1. The summed E-state index contributed by atoms with van der Waals surface area (Å²) in [5.74, 6) is -0.731. The van der Waals surface area contributed by atoms with Crippen molar-refractivity contribution in [3.8, 4) is 0 Å². The van der Waals surface area contributed by atoms with Gasteiger partial charge in [0, 0.05) is 65.7 Å². The van der Waals surface area contributed by atoms with Crippen molar-refractivity contribution in [2.24, 2.45) is 0 Å². The van der Waals surface area contributed by atoms with Crippen LogP contribution in [0.2, 0.25) is 0 Å². The first-order valence-electron chi connectivity index (χ1n) is 40.2. The van der Waals surface area contributed by atoms with Crippen molar-refractivity contribution < 1.29 is 20.9 Å². The maximum atomic E-state index is 12.0. The van der Waals surface area contributed by atoms with Crippen molar-refractivity contribution in [2.75, 3.05) is 9.80 Å². The third-order valence-electron chi connectivity index (χ3n) is 25.4. The van der Waals surface area contributed by atoms with Crippen LogP contribution in [0.15, 0.2) is 113 Å². The molecule has 2 aromatic heterocycles. The Labute approximate surface area is 559 Å². The van der Waals surface area contributed by atoms with Crippen molar-refractivity contribution in [3.63, 3.8) is 0 Å². The van der Waals surface area contributed by atoms with Crippen molar-refractivity contribution >= 4 is 94.7 Å². The summed E-state index contributed by atoms with van der Waals surface area (Å²) in [6, 6.07) is 12.2. The van der Waals surface area contributed by atoms with Crippen LogP contribution in [-0.2, 0) is 48.7 Å². The molecule has 8 aliphatic rings. The van der Waals surface area contributed by atoms with E-state index >= 15 is 0 Å². The third-order valence-corrected chi connectivity index (χ3v) is 26.9. The van der Waals surface area contributed by atoms with E-state index < -0.39 is 61.5 Å². The number of anilines is 5. The summed E-state index contributed by atoms with van der Waals surface area (Å²) in [6.45, 7) is 37.8. The summed E-state index contributed by atoms with van der Waals surface area (Å²) >= 11 is 1.54. The Hall–Kier alpha value is -6.04. The highest BCUT2D eigenvalue weighted by Gasteiger charge is 2.59. The Morgan fingerprint density at radius 2 is 1.08 bits per heavy atom. The van der Waals surface area contributed by atoms with E-state index in [1.807, 2.05) is 6.07 Å². The lowest BCUT2D eigenvalue weighted by Crippen LogP contribution is -2.62. The van der Waals surface area contributed by atoms with E-state index in [0.717, 1.165) is 89.4 Å². The summed E-state index contributed by atoms with van der Waals surface area (Å²) in [5, 5.41) is 3.08. The zero-order chi connectivity index (χ0) is 73.4. The molecule has 1 saturated carbocycles. The van der Waals surface area contributed by atoms with Crippen LogP contribution in [0.25, 0.3) is 31.8 Å². The average molecular weight is 1220 g/mol. The Kier molecular flexibility index (Phi) is 9.22. The number of fused-ring (bicyclic) bond motifs is 16. The van der Waals surface area contributed by atoms with E-state index in [1.54, 1.807) is 16.2 Å². The van der Waals surface area contributed by atoms with E-state index in [1.165, 1.54) is 0 Å². The van der Waals surface area contributed by atoms with Crippen molar-refractivity contribution in [1.82, 2.24) is 0 Å². The fraction of sp³-hybridized carbons (Fsp3) is 0.482. The van der Waals surface area contributed by atoms with Gasteiger partial charge in [-0.3, -0.25) is 0 Å². The maximum Gasteiger partial charge on any atom is 0.247 e.